The first-order chi connectivity index (χ1) is 13.3. The lowest BCUT2D eigenvalue weighted by Gasteiger charge is -2.26. The Morgan fingerprint density at radius 3 is 2.50 bits per heavy atom. The second kappa shape index (κ2) is 8.67. The van der Waals surface area contributed by atoms with E-state index in [1.165, 1.54) is 35.7 Å². The van der Waals surface area contributed by atoms with Crippen LogP contribution in [-0.2, 0) is 14.8 Å². The van der Waals surface area contributed by atoms with Crippen molar-refractivity contribution in [3.63, 3.8) is 0 Å². The van der Waals surface area contributed by atoms with Crippen molar-refractivity contribution in [2.45, 2.75) is 4.90 Å². The first kappa shape index (κ1) is 20.9. The molecule has 10 heteroatoms. The highest BCUT2D eigenvalue weighted by Crippen LogP contribution is 2.30. The molecule has 28 heavy (non-hydrogen) atoms. The molecule has 0 unspecified atom stereocenters. The molecule has 3 rings (SSSR count). The Kier molecular flexibility index (Phi) is 6.47. The molecule has 0 aromatic heterocycles. The first-order valence-electron chi connectivity index (χ1n) is 8.35. The number of methoxy groups -OCH3 is 1. The molecule has 1 heterocycles. The van der Waals surface area contributed by atoms with Gasteiger partial charge >= 0.3 is 0 Å². The van der Waals surface area contributed by atoms with Crippen molar-refractivity contribution in [1.82, 2.24) is 4.31 Å². The van der Waals surface area contributed by atoms with Crippen molar-refractivity contribution in [3.8, 4) is 5.75 Å². The third-order valence-corrected chi connectivity index (χ3v) is 6.66. The van der Waals surface area contributed by atoms with Gasteiger partial charge in [-0.3, -0.25) is 4.79 Å². The molecule has 1 aliphatic heterocycles. The van der Waals surface area contributed by atoms with Gasteiger partial charge in [-0.2, -0.15) is 4.31 Å². The minimum absolute atomic E-state index is 0.0771. The van der Waals surface area contributed by atoms with Crippen LogP contribution in [0.5, 0.6) is 5.75 Å². The van der Waals surface area contributed by atoms with E-state index in [2.05, 4.69) is 5.32 Å². The topological polar surface area (TPSA) is 84.9 Å². The van der Waals surface area contributed by atoms with Gasteiger partial charge in [-0.05, 0) is 36.4 Å². The average Bonchev–Trinajstić information content (AvgIpc) is 2.70. The molecule has 150 valence electrons. The monoisotopic (exact) mass is 444 g/mol. The minimum atomic E-state index is -3.84. The third-order valence-electron chi connectivity index (χ3n) is 4.19. The van der Waals surface area contributed by atoms with E-state index >= 15 is 0 Å². The zero-order valence-electron chi connectivity index (χ0n) is 14.9. The Morgan fingerprint density at radius 1 is 1.14 bits per heavy atom. The molecular weight excluding hydrogens is 427 g/mol. The Bertz CT molecular complexity index is 991. The van der Waals surface area contributed by atoms with Gasteiger partial charge in [0.25, 0.3) is 5.91 Å². The molecule has 7 nitrogen and oxygen atoms in total. The summed E-state index contributed by atoms with van der Waals surface area (Å²) in [6.07, 6.45) is 0. The summed E-state index contributed by atoms with van der Waals surface area (Å²) in [6.45, 7) is 1.11. The number of halogens is 2. The molecule has 1 amide bonds. The van der Waals surface area contributed by atoms with Crippen LogP contribution in [-0.4, -0.2) is 52.0 Å². The number of ether oxygens (including phenoxy) is 2. The highest BCUT2D eigenvalue weighted by Gasteiger charge is 2.30. The van der Waals surface area contributed by atoms with Gasteiger partial charge in [-0.25, -0.2) is 8.42 Å². The van der Waals surface area contributed by atoms with Gasteiger partial charge in [0.1, 0.15) is 10.6 Å². The fraction of sp³-hybridized carbons (Fsp3) is 0.278. The lowest BCUT2D eigenvalue weighted by atomic mass is 10.2. The molecule has 1 aliphatic rings. The third kappa shape index (κ3) is 4.42. The molecule has 0 aliphatic carbocycles. The van der Waals surface area contributed by atoms with Gasteiger partial charge in [0.05, 0.1) is 31.0 Å². The predicted molar refractivity (Wildman–Crippen MR) is 107 cm³/mol. The number of carbonyl (C=O) groups is 1. The van der Waals surface area contributed by atoms with Crippen molar-refractivity contribution < 1.29 is 22.7 Å². The Hall–Kier alpha value is -1.84. The number of sulfonamides is 1. The number of hydrogen-bond acceptors (Lipinski definition) is 5. The number of hydrogen-bond donors (Lipinski definition) is 1. The zero-order valence-corrected chi connectivity index (χ0v) is 17.3. The molecular formula is C18H18Cl2N2O5S. The van der Waals surface area contributed by atoms with Crippen molar-refractivity contribution in [2.24, 2.45) is 0 Å². The first-order valence-corrected chi connectivity index (χ1v) is 10.5. The van der Waals surface area contributed by atoms with Crippen LogP contribution in [0.2, 0.25) is 10.0 Å². The summed E-state index contributed by atoms with van der Waals surface area (Å²) in [5.41, 5.74) is 0.517. The molecule has 0 radical (unpaired) electrons. The number of morpholine rings is 1. The summed E-state index contributed by atoms with van der Waals surface area (Å²) in [7, 11) is -2.47. The summed E-state index contributed by atoms with van der Waals surface area (Å²) < 4.78 is 37.8. The van der Waals surface area contributed by atoms with Crippen LogP contribution in [0, 0.1) is 0 Å². The van der Waals surface area contributed by atoms with E-state index in [0.717, 1.165) is 0 Å². The number of anilines is 1. The van der Waals surface area contributed by atoms with E-state index in [-0.39, 0.29) is 34.3 Å². The summed E-state index contributed by atoms with van der Waals surface area (Å²) in [5.74, 6) is -0.349. The number of nitrogens with one attached hydrogen (secondary N) is 1. The van der Waals surface area contributed by atoms with Crippen LogP contribution in [0.15, 0.2) is 41.3 Å². The van der Waals surface area contributed by atoms with E-state index in [1.807, 2.05) is 0 Å². The lowest BCUT2D eigenvalue weighted by Crippen LogP contribution is -2.40. The van der Waals surface area contributed by atoms with Crippen LogP contribution in [0.1, 0.15) is 10.4 Å². The van der Waals surface area contributed by atoms with E-state index in [1.54, 1.807) is 12.1 Å². The van der Waals surface area contributed by atoms with Crippen molar-refractivity contribution in [3.05, 3.63) is 52.0 Å². The molecule has 1 N–H and O–H groups in total. The van der Waals surface area contributed by atoms with Crippen molar-refractivity contribution in [2.75, 3.05) is 38.7 Å². The summed E-state index contributed by atoms with van der Waals surface area (Å²) in [4.78, 5) is 12.6. The Morgan fingerprint density at radius 2 is 1.86 bits per heavy atom. The molecule has 0 spiro atoms. The summed E-state index contributed by atoms with van der Waals surface area (Å²) in [5, 5.41) is 3.36. The van der Waals surface area contributed by atoms with Crippen molar-refractivity contribution in [1.29, 1.82) is 0 Å². The van der Waals surface area contributed by atoms with Crippen LogP contribution in [0.3, 0.4) is 0 Å². The second-order valence-corrected chi connectivity index (χ2v) is 8.71. The number of benzene rings is 2. The molecule has 0 atom stereocenters. The predicted octanol–water partition coefficient (Wildman–Crippen LogP) is 3.28. The Labute approximate surface area is 173 Å². The molecule has 0 saturated carbocycles. The zero-order chi connectivity index (χ0) is 20.3. The fourth-order valence-electron chi connectivity index (χ4n) is 2.73. The molecule has 2 aromatic rings. The molecule has 2 aromatic carbocycles. The standard InChI is InChI=1S/C18H18Cl2N2O5S/c1-26-16-5-2-12(18(23)21-15-4-3-13(19)11-14(15)20)10-17(16)28(24,25)22-6-8-27-9-7-22/h2-5,10-11H,6-9H2,1H3,(H,21,23). The Balaban J connectivity index is 1.92. The van der Waals surface area contributed by atoms with Gasteiger partial charge in [0, 0.05) is 23.7 Å². The largest absolute Gasteiger partial charge is 0.495 e. The van der Waals surface area contributed by atoms with Gasteiger partial charge in [0.2, 0.25) is 10.0 Å². The van der Waals surface area contributed by atoms with Crippen LogP contribution in [0.25, 0.3) is 0 Å². The summed E-state index contributed by atoms with van der Waals surface area (Å²) in [6, 6.07) is 8.88. The fourth-order valence-corrected chi connectivity index (χ4v) is 4.78. The summed E-state index contributed by atoms with van der Waals surface area (Å²) >= 11 is 11.9. The van der Waals surface area contributed by atoms with Crippen LogP contribution in [0.4, 0.5) is 5.69 Å². The second-order valence-electron chi connectivity index (χ2n) is 5.96. The number of carbonyl (C=O) groups excluding carboxylic acids is 1. The normalized spacial score (nSPS) is 15.2. The van der Waals surface area contributed by atoms with E-state index < -0.39 is 15.9 Å². The molecule has 1 saturated heterocycles. The number of nitrogens with zero attached hydrogens (tertiary/aromatic N) is 1. The van der Waals surface area contributed by atoms with Crippen molar-refractivity contribution >= 4 is 44.8 Å². The molecule has 0 bridgehead atoms. The number of amides is 1. The minimum Gasteiger partial charge on any atom is -0.495 e. The number of rotatable bonds is 5. The highest BCUT2D eigenvalue weighted by atomic mass is 35.5. The SMILES string of the molecule is COc1ccc(C(=O)Nc2ccc(Cl)cc2Cl)cc1S(=O)(=O)N1CCOCC1. The van der Waals surface area contributed by atoms with Gasteiger partial charge in [0.15, 0.2) is 0 Å². The highest BCUT2D eigenvalue weighted by molar-refractivity contribution is 7.89. The quantitative estimate of drug-likeness (QED) is 0.764. The van der Waals surface area contributed by atoms with E-state index in [0.29, 0.717) is 23.9 Å². The van der Waals surface area contributed by atoms with Crippen LogP contribution < -0.4 is 10.1 Å². The maximum atomic E-state index is 13.0. The smallest absolute Gasteiger partial charge is 0.255 e. The van der Waals surface area contributed by atoms with E-state index in [9.17, 15) is 13.2 Å². The van der Waals surface area contributed by atoms with Gasteiger partial charge < -0.3 is 14.8 Å². The van der Waals surface area contributed by atoms with Crippen LogP contribution >= 0.6 is 23.2 Å². The maximum Gasteiger partial charge on any atom is 0.255 e. The average molecular weight is 445 g/mol. The van der Waals surface area contributed by atoms with Gasteiger partial charge in [-0.1, -0.05) is 23.2 Å². The lowest BCUT2D eigenvalue weighted by molar-refractivity contribution is 0.0729. The maximum absolute atomic E-state index is 13.0. The van der Waals surface area contributed by atoms with Gasteiger partial charge in [-0.15, -0.1) is 0 Å². The van der Waals surface area contributed by atoms with E-state index in [4.69, 9.17) is 32.7 Å². The molecule has 1 fully saturated rings.